The molecule has 0 atom stereocenters. The van der Waals surface area contributed by atoms with Gasteiger partial charge in [-0.3, -0.25) is 0 Å². The molecule has 0 aliphatic heterocycles. The Kier molecular flexibility index (Phi) is 11.8. The standard InChI is InChI=1S/C29H48O3/c1-3-4-21-30-28-17-19-29(20-18-28)32-23-6-5-22-31-27-15-13-26(14-16-27)12-11-25-9-7-24(2)8-10-25/h17-20,24-27H,3-16,21-23H2,1-2H3. The minimum absolute atomic E-state index is 0.503. The lowest BCUT2D eigenvalue weighted by molar-refractivity contribution is 0.0136. The van der Waals surface area contributed by atoms with E-state index < -0.39 is 0 Å². The van der Waals surface area contributed by atoms with Gasteiger partial charge in [0.2, 0.25) is 0 Å². The van der Waals surface area contributed by atoms with Crippen molar-refractivity contribution in [1.29, 1.82) is 0 Å². The van der Waals surface area contributed by atoms with Crippen LogP contribution in [-0.4, -0.2) is 25.9 Å². The van der Waals surface area contributed by atoms with E-state index in [9.17, 15) is 0 Å². The van der Waals surface area contributed by atoms with Crippen molar-refractivity contribution in [3.8, 4) is 11.5 Å². The van der Waals surface area contributed by atoms with E-state index in [1.165, 1.54) is 64.2 Å². The third-order valence-corrected chi connectivity index (χ3v) is 7.66. The Morgan fingerprint density at radius 1 is 0.656 bits per heavy atom. The highest BCUT2D eigenvalue weighted by Gasteiger charge is 2.24. The molecule has 0 aromatic heterocycles. The van der Waals surface area contributed by atoms with E-state index in [4.69, 9.17) is 14.2 Å². The second kappa shape index (κ2) is 14.8. The zero-order valence-corrected chi connectivity index (χ0v) is 20.9. The molecule has 2 aliphatic rings. The van der Waals surface area contributed by atoms with E-state index in [2.05, 4.69) is 13.8 Å². The van der Waals surface area contributed by atoms with Crippen LogP contribution in [0.15, 0.2) is 24.3 Å². The summed E-state index contributed by atoms with van der Waals surface area (Å²) in [6.07, 6.45) is 19.1. The van der Waals surface area contributed by atoms with Crippen LogP contribution in [0.3, 0.4) is 0 Å². The summed E-state index contributed by atoms with van der Waals surface area (Å²) in [7, 11) is 0. The van der Waals surface area contributed by atoms with E-state index in [1.807, 2.05) is 24.3 Å². The predicted molar refractivity (Wildman–Crippen MR) is 134 cm³/mol. The summed E-state index contributed by atoms with van der Waals surface area (Å²) in [5, 5.41) is 0. The van der Waals surface area contributed by atoms with Gasteiger partial charge in [0.1, 0.15) is 11.5 Å². The molecule has 1 aromatic carbocycles. The quantitative estimate of drug-likeness (QED) is 0.271. The van der Waals surface area contributed by atoms with Gasteiger partial charge in [-0.2, -0.15) is 0 Å². The first-order chi connectivity index (χ1) is 15.7. The summed E-state index contributed by atoms with van der Waals surface area (Å²) in [4.78, 5) is 0. The third kappa shape index (κ3) is 9.73. The van der Waals surface area contributed by atoms with Crippen LogP contribution in [0.1, 0.15) is 104 Å². The van der Waals surface area contributed by atoms with Crippen molar-refractivity contribution < 1.29 is 14.2 Å². The average molecular weight is 445 g/mol. The normalized spacial score (nSPS) is 26.1. The van der Waals surface area contributed by atoms with Gasteiger partial charge < -0.3 is 14.2 Å². The van der Waals surface area contributed by atoms with Crippen LogP contribution in [0.4, 0.5) is 0 Å². The van der Waals surface area contributed by atoms with Crippen LogP contribution in [0.25, 0.3) is 0 Å². The highest BCUT2D eigenvalue weighted by Crippen LogP contribution is 2.35. The van der Waals surface area contributed by atoms with E-state index in [-0.39, 0.29) is 0 Å². The summed E-state index contributed by atoms with van der Waals surface area (Å²) in [6.45, 7) is 7.02. The summed E-state index contributed by atoms with van der Waals surface area (Å²) in [6, 6.07) is 8.01. The lowest BCUT2D eigenvalue weighted by Gasteiger charge is -2.31. The Balaban J connectivity index is 1.16. The fraction of sp³-hybridized carbons (Fsp3) is 0.793. The van der Waals surface area contributed by atoms with Crippen molar-refractivity contribution in [3.05, 3.63) is 24.3 Å². The van der Waals surface area contributed by atoms with Gasteiger partial charge in [-0.15, -0.1) is 0 Å². The van der Waals surface area contributed by atoms with Crippen molar-refractivity contribution in [1.82, 2.24) is 0 Å². The monoisotopic (exact) mass is 444 g/mol. The predicted octanol–water partition coefficient (Wildman–Crippen LogP) is 8.21. The number of rotatable bonds is 14. The maximum Gasteiger partial charge on any atom is 0.119 e. The molecule has 32 heavy (non-hydrogen) atoms. The molecule has 0 spiro atoms. The smallest absolute Gasteiger partial charge is 0.119 e. The largest absolute Gasteiger partial charge is 0.494 e. The Morgan fingerprint density at radius 2 is 1.16 bits per heavy atom. The average Bonchev–Trinajstić information content (AvgIpc) is 2.83. The molecule has 2 aliphatic carbocycles. The third-order valence-electron chi connectivity index (χ3n) is 7.66. The summed E-state index contributed by atoms with van der Waals surface area (Å²) >= 11 is 0. The van der Waals surface area contributed by atoms with Crippen molar-refractivity contribution in [2.24, 2.45) is 17.8 Å². The number of ether oxygens (including phenoxy) is 3. The van der Waals surface area contributed by atoms with Gasteiger partial charge in [0.15, 0.2) is 0 Å². The molecule has 0 radical (unpaired) electrons. The lowest BCUT2D eigenvalue weighted by atomic mass is 9.77. The highest BCUT2D eigenvalue weighted by molar-refractivity contribution is 5.31. The number of unbranched alkanes of at least 4 members (excludes halogenated alkanes) is 2. The summed E-state index contributed by atoms with van der Waals surface area (Å²) in [5.74, 6) is 4.82. The van der Waals surface area contributed by atoms with Crippen LogP contribution >= 0.6 is 0 Å². The first-order valence-electron chi connectivity index (χ1n) is 13.7. The molecule has 1 aromatic rings. The van der Waals surface area contributed by atoms with Gasteiger partial charge in [0.05, 0.1) is 19.3 Å². The van der Waals surface area contributed by atoms with Crippen molar-refractivity contribution >= 4 is 0 Å². The molecule has 182 valence electrons. The molecule has 0 saturated heterocycles. The van der Waals surface area contributed by atoms with Gasteiger partial charge in [-0.25, -0.2) is 0 Å². The zero-order valence-electron chi connectivity index (χ0n) is 20.9. The first-order valence-corrected chi connectivity index (χ1v) is 13.7. The van der Waals surface area contributed by atoms with Crippen LogP contribution in [-0.2, 0) is 4.74 Å². The minimum atomic E-state index is 0.503. The Bertz CT molecular complexity index is 583. The van der Waals surface area contributed by atoms with Gasteiger partial charge >= 0.3 is 0 Å². The molecule has 0 heterocycles. The van der Waals surface area contributed by atoms with Gasteiger partial charge in [0.25, 0.3) is 0 Å². The molecule has 0 unspecified atom stereocenters. The maximum absolute atomic E-state index is 6.18. The van der Waals surface area contributed by atoms with E-state index in [1.54, 1.807) is 0 Å². The fourth-order valence-corrected chi connectivity index (χ4v) is 5.29. The molecule has 3 rings (SSSR count). The topological polar surface area (TPSA) is 27.7 Å². The molecule has 3 heteroatoms. The minimum Gasteiger partial charge on any atom is -0.494 e. The van der Waals surface area contributed by atoms with Gasteiger partial charge in [-0.1, -0.05) is 58.8 Å². The fourth-order valence-electron chi connectivity index (χ4n) is 5.29. The van der Waals surface area contributed by atoms with E-state index in [0.717, 1.165) is 74.8 Å². The van der Waals surface area contributed by atoms with Crippen molar-refractivity contribution in [2.45, 2.75) is 110 Å². The molecular formula is C29H48O3. The maximum atomic E-state index is 6.18. The second-order valence-electron chi connectivity index (χ2n) is 10.4. The number of hydrogen-bond donors (Lipinski definition) is 0. The van der Waals surface area contributed by atoms with Crippen LogP contribution in [0.5, 0.6) is 11.5 Å². The second-order valence-corrected chi connectivity index (χ2v) is 10.4. The molecular weight excluding hydrogens is 396 g/mol. The number of hydrogen-bond acceptors (Lipinski definition) is 3. The Labute approximate surface area is 197 Å². The van der Waals surface area contributed by atoms with Crippen LogP contribution < -0.4 is 9.47 Å². The Morgan fingerprint density at radius 3 is 1.72 bits per heavy atom. The molecule has 0 N–H and O–H groups in total. The highest BCUT2D eigenvalue weighted by atomic mass is 16.5. The summed E-state index contributed by atoms with van der Waals surface area (Å²) < 4.78 is 17.7. The molecule has 2 fully saturated rings. The SMILES string of the molecule is CCCCOc1ccc(OCCCCOC2CCC(CCC3CCC(C)CC3)CC2)cc1. The lowest BCUT2D eigenvalue weighted by Crippen LogP contribution is -2.23. The summed E-state index contributed by atoms with van der Waals surface area (Å²) in [5.41, 5.74) is 0. The van der Waals surface area contributed by atoms with Crippen molar-refractivity contribution in [3.63, 3.8) is 0 Å². The van der Waals surface area contributed by atoms with Gasteiger partial charge in [-0.05, 0) is 87.0 Å². The first kappa shape index (κ1) is 25.4. The van der Waals surface area contributed by atoms with Crippen molar-refractivity contribution in [2.75, 3.05) is 19.8 Å². The molecule has 3 nitrogen and oxygen atoms in total. The zero-order chi connectivity index (χ0) is 22.4. The molecule has 0 amide bonds. The number of benzene rings is 1. The van der Waals surface area contributed by atoms with E-state index in [0.29, 0.717) is 6.10 Å². The van der Waals surface area contributed by atoms with Gasteiger partial charge in [0, 0.05) is 6.61 Å². The van der Waals surface area contributed by atoms with E-state index >= 15 is 0 Å². The molecule has 0 bridgehead atoms. The van der Waals surface area contributed by atoms with Crippen LogP contribution in [0, 0.1) is 17.8 Å². The van der Waals surface area contributed by atoms with Crippen LogP contribution in [0.2, 0.25) is 0 Å². The Hall–Kier alpha value is -1.22. The molecule has 2 saturated carbocycles.